The van der Waals surface area contributed by atoms with Crippen LogP contribution in [-0.4, -0.2) is 4.87 Å². The Morgan fingerprint density at radius 2 is 2.00 bits per heavy atom. The molecule has 0 rings (SSSR count). The minimum Gasteiger partial charge on any atom is -0.115 e. The molecule has 0 aliphatic heterocycles. The smallest absolute Gasteiger partial charge is 0.0597 e. The summed E-state index contributed by atoms with van der Waals surface area (Å²) in [5.41, 5.74) is 1.29. The van der Waals surface area contributed by atoms with E-state index in [0.717, 1.165) is 6.42 Å². The summed E-state index contributed by atoms with van der Waals surface area (Å²) >= 11 is 6.04. The molecule has 0 saturated carbocycles. The van der Waals surface area contributed by atoms with Crippen molar-refractivity contribution in [2.24, 2.45) is 0 Å². The van der Waals surface area contributed by atoms with Crippen LogP contribution < -0.4 is 0 Å². The van der Waals surface area contributed by atoms with Crippen LogP contribution in [0, 0.1) is 0 Å². The van der Waals surface area contributed by atoms with Gasteiger partial charge in [-0.05, 0) is 27.2 Å². The van der Waals surface area contributed by atoms with E-state index in [1.54, 1.807) is 0 Å². The quantitative estimate of drug-likeness (QED) is 0.414. The maximum atomic E-state index is 6.04. The van der Waals surface area contributed by atoms with Gasteiger partial charge < -0.3 is 0 Å². The molecule has 0 N–H and O–H groups in total. The Kier molecular flexibility index (Phi) is 3.27. The number of rotatable bonds is 2. The van der Waals surface area contributed by atoms with Gasteiger partial charge in [0, 0.05) is 0 Å². The molecular weight excluding hydrogens is 132 g/mol. The standard InChI is InChI=1S/C8H15Cl/c1-5-8(4,9)6-7(2)3/h6H,5H2,1-4H3. The fourth-order valence-corrected chi connectivity index (χ4v) is 0.922. The van der Waals surface area contributed by atoms with Crippen LogP contribution in [0.2, 0.25) is 0 Å². The molecule has 0 amide bonds. The zero-order valence-corrected chi connectivity index (χ0v) is 7.42. The van der Waals surface area contributed by atoms with E-state index < -0.39 is 0 Å². The first-order valence-corrected chi connectivity index (χ1v) is 3.70. The predicted molar refractivity (Wildman–Crippen MR) is 44.0 cm³/mol. The van der Waals surface area contributed by atoms with Crippen LogP contribution in [0.1, 0.15) is 34.1 Å². The first kappa shape index (κ1) is 9.03. The lowest BCUT2D eigenvalue weighted by Crippen LogP contribution is -2.10. The third-order valence-corrected chi connectivity index (χ3v) is 1.66. The van der Waals surface area contributed by atoms with Gasteiger partial charge in [-0.3, -0.25) is 0 Å². The summed E-state index contributed by atoms with van der Waals surface area (Å²) in [4.78, 5) is -0.126. The third-order valence-electron chi connectivity index (χ3n) is 1.28. The van der Waals surface area contributed by atoms with Crippen molar-refractivity contribution in [2.45, 2.75) is 39.0 Å². The Morgan fingerprint density at radius 3 is 2.11 bits per heavy atom. The van der Waals surface area contributed by atoms with E-state index in [-0.39, 0.29) is 4.87 Å². The van der Waals surface area contributed by atoms with Crippen LogP contribution in [0.15, 0.2) is 11.6 Å². The molecule has 0 bridgehead atoms. The first-order valence-electron chi connectivity index (χ1n) is 3.33. The van der Waals surface area contributed by atoms with Crippen molar-refractivity contribution in [3.8, 4) is 0 Å². The molecule has 0 heterocycles. The summed E-state index contributed by atoms with van der Waals surface area (Å²) in [6.07, 6.45) is 3.08. The summed E-state index contributed by atoms with van der Waals surface area (Å²) in [6.45, 7) is 8.25. The second kappa shape index (κ2) is 3.26. The Balaban J connectivity index is 4.01. The molecule has 1 atom stereocenters. The Hall–Kier alpha value is 0.0300. The molecule has 0 aliphatic rings. The number of halogens is 1. The Bertz CT molecular complexity index is 108. The number of hydrogen-bond donors (Lipinski definition) is 0. The van der Waals surface area contributed by atoms with Crippen molar-refractivity contribution >= 4 is 11.6 Å². The number of alkyl halides is 1. The molecule has 0 aliphatic carbocycles. The molecule has 0 radical (unpaired) electrons. The van der Waals surface area contributed by atoms with E-state index in [1.807, 2.05) is 6.92 Å². The number of hydrogen-bond acceptors (Lipinski definition) is 0. The van der Waals surface area contributed by atoms with Crippen LogP contribution in [0.5, 0.6) is 0 Å². The van der Waals surface area contributed by atoms with Crippen molar-refractivity contribution in [3.05, 3.63) is 11.6 Å². The summed E-state index contributed by atoms with van der Waals surface area (Å²) in [7, 11) is 0. The highest BCUT2D eigenvalue weighted by Crippen LogP contribution is 2.21. The summed E-state index contributed by atoms with van der Waals surface area (Å²) in [5, 5.41) is 0. The zero-order chi connectivity index (χ0) is 7.49. The van der Waals surface area contributed by atoms with E-state index in [4.69, 9.17) is 11.6 Å². The highest BCUT2D eigenvalue weighted by molar-refractivity contribution is 6.24. The second-order valence-corrected chi connectivity index (χ2v) is 3.72. The van der Waals surface area contributed by atoms with Gasteiger partial charge in [0.2, 0.25) is 0 Å². The fourth-order valence-electron chi connectivity index (χ4n) is 0.704. The van der Waals surface area contributed by atoms with Gasteiger partial charge in [-0.15, -0.1) is 11.6 Å². The highest BCUT2D eigenvalue weighted by atomic mass is 35.5. The lowest BCUT2D eigenvalue weighted by molar-refractivity contribution is 0.736. The fraction of sp³-hybridized carbons (Fsp3) is 0.750. The average molecular weight is 147 g/mol. The Labute approximate surface area is 62.9 Å². The van der Waals surface area contributed by atoms with Gasteiger partial charge in [-0.25, -0.2) is 0 Å². The third kappa shape index (κ3) is 4.53. The monoisotopic (exact) mass is 146 g/mol. The van der Waals surface area contributed by atoms with Crippen LogP contribution in [-0.2, 0) is 0 Å². The van der Waals surface area contributed by atoms with E-state index in [9.17, 15) is 0 Å². The Morgan fingerprint density at radius 1 is 1.56 bits per heavy atom. The maximum absolute atomic E-state index is 6.04. The van der Waals surface area contributed by atoms with Crippen molar-refractivity contribution < 1.29 is 0 Å². The summed E-state index contributed by atoms with van der Waals surface area (Å²) in [6, 6.07) is 0. The SMILES string of the molecule is CCC(C)(Cl)C=C(C)C. The molecule has 0 spiro atoms. The van der Waals surface area contributed by atoms with E-state index in [0.29, 0.717) is 0 Å². The molecule has 9 heavy (non-hydrogen) atoms. The van der Waals surface area contributed by atoms with E-state index >= 15 is 0 Å². The van der Waals surface area contributed by atoms with Gasteiger partial charge >= 0.3 is 0 Å². The topological polar surface area (TPSA) is 0 Å². The van der Waals surface area contributed by atoms with Gasteiger partial charge in [0.1, 0.15) is 0 Å². The zero-order valence-electron chi connectivity index (χ0n) is 6.66. The van der Waals surface area contributed by atoms with Crippen molar-refractivity contribution in [2.75, 3.05) is 0 Å². The molecule has 1 heteroatoms. The predicted octanol–water partition coefficient (Wildman–Crippen LogP) is 3.36. The molecular formula is C8H15Cl. The molecule has 54 valence electrons. The van der Waals surface area contributed by atoms with Gasteiger partial charge in [0.25, 0.3) is 0 Å². The van der Waals surface area contributed by atoms with E-state index in [1.165, 1.54) is 5.57 Å². The average Bonchev–Trinajstić information content (AvgIpc) is 1.63. The van der Waals surface area contributed by atoms with Crippen LogP contribution in [0.25, 0.3) is 0 Å². The molecule has 0 aromatic rings. The second-order valence-electron chi connectivity index (χ2n) is 2.85. The van der Waals surface area contributed by atoms with Crippen molar-refractivity contribution in [3.63, 3.8) is 0 Å². The van der Waals surface area contributed by atoms with Gasteiger partial charge in [0.05, 0.1) is 4.87 Å². The largest absolute Gasteiger partial charge is 0.115 e. The normalized spacial score (nSPS) is 16.6. The lowest BCUT2D eigenvalue weighted by atomic mass is 10.1. The number of allylic oxidation sites excluding steroid dienone is 2. The van der Waals surface area contributed by atoms with Crippen LogP contribution >= 0.6 is 11.6 Å². The van der Waals surface area contributed by atoms with Crippen LogP contribution in [0.3, 0.4) is 0 Å². The minimum absolute atomic E-state index is 0.126. The van der Waals surface area contributed by atoms with Crippen LogP contribution in [0.4, 0.5) is 0 Å². The highest BCUT2D eigenvalue weighted by Gasteiger charge is 2.12. The minimum atomic E-state index is -0.126. The molecule has 0 aromatic heterocycles. The molecule has 0 saturated heterocycles. The molecule has 0 fully saturated rings. The van der Waals surface area contributed by atoms with E-state index in [2.05, 4.69) is 26.8 Å². The summed E-state index contributed by atoms with van der Waals surface area (Å²) in [5.74, 6) is 0. The molecule has 1 unspecified atom stereocenters. The first-order chi connectivity index (χ1) is 3.98. The lowest BCUT2D eigenvalue weighted by Gasteiger charge is -2.14. The molecule has 0 aromatic carbocycles. The maximum Gasteiger partial charge on any atom is 0.0597 e. The molecule has 0 nitrogen and oxygen atoms in total. The summed E-state index contributed by atoms with van der Waals surface area (Å²) < 4.78 is 0. The van der Waals surface area contributed by atoms with Crippen molar-refractivity contribution in [1.29, 1.82) is 0 Å². The van der Waals surface area contributed by atoms with Crippen molar-refractivity contribution in [1.82, 2.24) is 0 Å². The van der Waals surface area contributed by atoms with Gasteiger partial charge in [-0.2, -0.15) is 0 Å². The van der Waals surface area contributed by atoms with Gasteiger partial charge in [0.15, 0.2) is 0 Å². The van der Waals surface area contributed by atoms with Gasteiger partial charge in [-0.1, -0.05) is 18.6 Å².